The average Bonchev–Trinajstić information content (AvgIpc) is 2.83. The van der Waals surface area contributed by atoms with Crippen LogP contribution in [0.3, 0.4) is 0 Å². The van der Waals surface area contributed by atoms with Gasteiger partial charge in [-0.05, 0) is 18.2 Å². The number of hydrogen-bond acceptors (Lipinski definition) is 2. The van der Waals surface area contributed by atoms with Crippen molar-refractivity contribution in [1.29, 1.82) is 0 Å². The number of para-hydroxylation sites is 1. The van der Waals surface area contributed by atoms with E-state index in [4.69, 9.17) is 4.42 Å². The molecule has 3 heteroatoms. The van der Waals surface area contributed by atoms with Gasteiger partial charge in [-0.1, -0.05) is 18.2 Å². The normalized spacial score (nSPS) is 11.8. The quantitative estimate of drug-likeness (QED) is 0.480. The van der Waals surface area contributed by atoms with Gasteiger partial charge in [0.2, 0.25) is 5.71 Å². The molecule has 1 aromatic carbocycles. The van der Waals surface area contributed by atoms with E-state index >= 15 is 0 Å². The van der Waals surface area contributed by atoms with Gasteiger partial charge in [-0.3, -0.25) is 0 Å². The number of nitrogens with one attached hydrogen (secondary N) is 1. The third-order valence-electron chi connectivity index (χ3n) is 2.90. The Balaban J connectivity index is 2.38. The molecule has 0 spiro atoms. The molecule has 3 nitrogen and oxygen atoms in total. The number of aromatic nitrogens is 2. The first kappa shape index (κ1) is 7.93. The molecule has 76 valence electrons. The Morgan fingerprint density at radius 3 is 2.88 bits per heavy atom. The Labute approximate surface area is 90.7 Å². The van der Waals surface area contributed by atoms with E-state index in [1.54, 1.807) is 6.20 Å². The van der Waals surface area contributed by atoms with Gasteiger partial charge in [-0.15, -0.1) is 0 Å². The second-order valence-electron chi connectivity index (χ2n) is 3.83. The van der Waals surface area contributed by atoms with Crippen LogP contribution >= 0.6 is 0 Å². The largest absolute Gasteiger partial charge is 0.440 e. The maximum absolute atomic E-state index is 5.74. The highest BCUT2D eigenvalue weighted by Gasteiger charge is 2.12. The van der Waals surface area contributed by atoms with Gasteiger partial charge in [0.15, 0.2) is 0 Å². The molecule has 0 amide bonds. The minimum Gasteiger partial charge on any atom is -0.440 e. The summed E-state index contributed by atoms with van der Waals surface area (Å²) in [5, 5.41) is 3.37. The second-order valence-corrected chi connectivity index (χ2v) is 3.83. The van der Waals surface area contributed by atoms with Gasteiger partial charge in [0, 0.05) is 17.0 Å². The molecule has 0 radical (unpaired) electrons. The zero-order valence-corrected chi connectivity index (χ0v) is 8.40. The maximum atomic E-state index is 5.74. The minimum atomic E-state index is 0.801. The zero-order chi connectivity index (χ0) is 10.5. The fourth-order valence-electron chi connectivity index (χ4n) is 2.22. The first-order chi connectivity index (χ1) is 7.93. The van der Waals surface area contributed by atoms with Crippen molar-refractivity contribution in [1.82, 2.24) is 9.97 Å². The molecule has 0 aliphatic rings. The minimum absolute atomic E-state index is 0.801. The van der Waals surface area contributed by atoms with Gasteiger partial charge in [-0.25, -0.2) is 4.98 Å². The van der Waals surface area contributed by atoms with Crippen LogP contribution < -0.4 is 0 Å². The topological polar surface area (TPSA) is 41.8 Å². The third kappa shape index (κ3) is 0.852. The molecule has 0 saturated heterocycles. The van der Waals surface area contributed by atoms with Crippen LogP contribution in [0, 0.1) is 0 Å². The van der Waals surface area contributed by atoms with Crippen molar-refractivity contribution in [2.75, 3.05) is 0 Å². The van der Waals surface area contributed by atoms with Crippen LogP contribution in [0.25, 0.3) is 33.1 Å². The van der Waals surface area contributed by atoms with Crippen LogP contribution in [0.2, 0.25) is 0 Å². The molecule has 1 N–H and O–H groups in total. The molecular formula is C13H8N2O. The van der Waals surface area contributed by atoms with Crippen LogP contribution in [-0.4, -0.2) is 9.97 Å². The van der Waals surface area contributed by atoms with Crippen molar-refractivity contribution in [3.05, 3.63) is 42.6 Å². The van der Waals surface area contributed by atoms with Gasteiger partial charge in [0.05, 0.1) is 5.39 Å². The lowest BCUT2D eigenvalue weighted by molar-refractivity contribution is 0.657. The van der Waals surface area contributed by atoms with E-state index < -0.39 is 0 Å². The van der Waals surface area contributed by atoms with E-state index in [0.29, 0.717) is 0 Å². The molecule has 0 saturated carbocycles. The molecule has 0 bridgehead atoms. The molecule has 0 unspecified atom stereocenters. The Hall–Kier alpha value is -2.29. The number of fused-ring (bicyclic) bond motifs is 5. The summed E-state index contributed by atoms with van der Waals surface area (Å²) in [7, 11) is 0. The predicted molar refractivity (Wildman–Crippen MR) is 63.4 cm³/mol. The fourth-order valence-corrected chi connectivity index (χ4v) is 2.22. The number of benzene rings is 1. The van der Waals surface area contributed by atoms with E-state index in [2.05, 4.69) is 22.1 Å². The lowest BCUT2D eigenvalue weighted by Crippen LogP contribution is -1.72. The molecular weight excluding hydrogens is 200 g/mol. The van der Waals surface area contributed by atoms with Crippen LogP contribution in [0.5, 0.6) is 0 Å². The summed E-state index contributed by atoms with van der Waals surface area (Å²) in [5.41, 5.74) is 2.59. The fraction of sp³-hybridized carbons (Fsp3) is 0. The number of furan rings is 1. The summed E-state index contributed by atoms with van der Waals surface area (Å²) in [5.74, 6) is 0. The van der Waals surface area contributed by atoms with Gasteiger partial charge in [0.1, 0.15) is 11.2 Å². The lowest BCUT2D eigenvalue weighted by atomic mass is 10.1. The van der Waals surface area contributed by atoms with Gasteiger partial charge >= 0.3 is 0 Å². The number of aromatic amines is 1. The van der Waals surface area contributed by atoms with Crippen molar-refractivity contribution >= 4 is 33.1 Å². The van der Waals surface area contributed by atoms with Gasteiger partial charge in [-0.2, -0.15) is 0 Å². The highest BCUT2D eigenvalue weighted by Crippen LogP contribution is 2.33. The van der Waals surface area contributed by atoms with Crippen molar-refractivity contribution < 1.29 is 4.42 Å². The van der Waals surface area contributed by atoms with Gasteiger partial charge < -0.3 is 9.40 Å². The van der Waals surface area contributed by atoms with Crippen molar-refractivity contribution in [3.63, 3.8) is 0 Å². The smallest absolute Gasteiger partial charge is 0.207 e. The Bertz CT molecular complexity index is 745. The van der Waals surface area contributed by atoms with Crippen LogP contribution in [0.1, 0.15) is 0 Å². The number of H-pyrrole nitrogens is 1. The van der Waals surface area contributed by atoms with E-state index in [1.807, 2.05) is 24.3 Å². The highest BCUT2D eigenvalue weighted by molar-refractivity contribution is 6.17. The van der Waals surface area contributed by atoms with Crippen LogP contribution in [-0.2, 0) is 0 Å². The van der Waals surface area contributed by atoms with E-state index in [9.17, 15) is 0 Å². The number of nitrogens with zero attached hydrogens (tertiary/aromatic N) is 1. The van der Waals surface area contributed by atoms with Crippen molar-refractivity contribution in [3.8, 4) is 0 Å². The summed E-state index contributed by atoms with van der Waals surface area (Å²) >= 11 is 0. The summed E-state index contributed by atoms with van der Waals surface area (Å²) in [6.45, 7) is 0. The summed E-state index contributed by atoms with van der Waals surface area (Å²) < 4.78 is 5.74. The Morgan fingerprint density at radius 2 is 1.88 bits per heavy atom. The second kappa shape index (κ2) is 2.64. The highest BCUT2D eigenvalue weighted by atomic mass is 16.3. The average molecular weight is 208 g/mol. The molecule has 16 heavy (non-hydrogen) atoms. The maximum Gasteiger partial charge on any atom is 0.207 e. The predicted octanol–water partition coefficient (Wildman–Crippen LogP) is 3.46. The monoisotopic (exact) mass is 208 g/mol. The van der Waals surface area contributed by atoms with Crippen molar-refractivity contribution in [2.24, 2.45) is 0 Å². The first-order valence-electron chi connectivity index (χ1n) is 5.17. The van der Waals surface area contributed by atoms with E-state index in [0.717, 1.165) is 33.1 Å². The Morgan fingerprint density at radius 1 is 1.00 bits per heavy atom. The number of pyridine rings is 1. The summed E-state index contributed by atoms with van der Waals surface area (Å²) in [6.07, 6.45) is 1.78. The molecule has 4 aromatic rings. The van der Waals surface area contributed by atoms with Crippen LogP contribution in [0.15, 0.2) is 47.0 Å². The van der Waals surface area contributed by atoms with Crippen LogP contribution in [0.4, 0.5) is 0 Å². The molecule has 3 heterocycles. The molecule has 0 atom stereocenters. The SMILES string of the molecule is c1ccc2c(c1)oc1[nH]c3ncccc3c12. The van der Waals surface area contributed by atoms with E-state index in [-0.39, 0.29) is 0 Å². The molecule has 4 rings (SSSR count). The standard InChI is InChI=1S/C13H8N2O/c1-2-6-10-8(4-1)11-9-5-3-7-14-12(9)15-13(11)16-10/h1-7H,(H,14,15). The van der Waals surface area contributed by atoms with E-state index in [1.165, 1.54) is 0 Å². The molecule has 0 fully saturated rings. The molecule has 0 aliphatic heterocycles. The summed E-state index contributed by atoms with van der Waals surface area (Å²) in [4.78, 5) is 7.47. The third-order valence-corrected chi connectivity index (χ3v) is 2.90. The first-order valence-corrected chi connectivity index (χ1v) is 5.17. The Kier molecular flexibility index (Phi) is 1.31. The number of hydrogen-bond donors (Lipinski definition) is 1. The lowest BCUT2D eigenvalue weighted by Gasteiger charge is -1.89. The molecule has 0 aliphatic carbocycles. The van der Waals surface area contributed by atoms with Crippen molar-refractivity contribution in [2.45, 2.75) is 0 Å². The molecule has 3 aromatic heterocycles. The summed E-state index contributed by atoms with van der Waals surface area (Å²) in [6, 6.07) is 12.0. The van der Waals surface area contributed by atoms with Gasteiger partial charge in [0.25, 0.3) is 0 Å². The zero-order valence-electron chi connectivity index (χ0n) is 8.40. The number of rotatable bonds is 0.